The smallest absolute Gasteiger partial charge is 0.387 e. The lowest BCUT2D eigenvalue weighted by atomic mass is 9.92. The molecule has 1 aliphatic heterocycles. The lowest BCUT2D eigenvalue weighted by Gasteiger charge is -2.34. The van der Waals surface area contributed by atoms with Gasteiger partial charge >= 0.3 is 6.61 Å². The molecule has 21 heavy (non-hydrogen) atoms. The van der Waals surface area contributed by atoms with Crippen LogP contribution in [0.1, 0.15) is 25.3 Å². The molecule has 1 saturated heterocycles. The summed E-state index contributed by atoms with van der Waals surface area (Å²) in [7, 11) is 0. The van der Waals surface area contributed by atoms with Crippen LogP contribution in [0, 0.1) is 5.92 Å². The van der Waals surface area contributed by atoms with Gasteiger partial charge in [0.05, 0.1) is 0 Å². The van der Waals surface area contributed by atoms with Crippen molar-refractivity contribution in [2.45, 2.75) is 39.0 Å². The van der Waals surface area contributed by atoms with E-state index in [1.807, 2.05) is 6.92 Å². The number of halogens is 3. The molecule has 2 unspecified atom stereocenters. The van der Waals surface area contributed by atoms with Gasteiger partial charge in [-0.05, 0) is 50.4 Å². The second-order valence-corrected chi connectivity index (χ2v) is 6.06. The maximum atomic E-state index is 12.5. The predicted molar refractivity (Wildman–Crippen MR) is 79.7 cm³/mol. The van der Waals surface area contributed by atoms with Crippen LogP contribution < -0.4 is 10.5 Å². The van der Waals surface area contributed by atoms with E-state index >= 15 is 0 Å². The van der Waals surface area contributed by atoms with Crippen LogP contribution in [-0.2, 0) is 6.54 Å². The standard InChI is InChI=1S/C15H21ClF2N2O/c1-10(19)11-3-2-6-20(8-11)9-12-7-13(16)4-5-14(12)21-15(17)18/h4-5,7,10-11,15H,2-3,6,8-9,19H2,1H3. The van der Waals surface area contributed by atoms with Crippen LogP contribution in [0.4, 0.5) is 8.78 Å². The van der Waals surface area contributed by atoms with Crippen molar-refractivity contribution in [3.63, 3.8) is 0 Å². The molecule has 0 bridgehead atoms. The maximum Gasteiger partial charge on any atom is 0.387 e. The fourth-order valence-corrected chi connectivity index (χ4v) is 2.98. The summed E-state index contributed by atoms with van der Waals surface area (Å²) in [5.41, 5.74) is 6.66. The predicted octanol–water partition coefficient (Wildman–Crippen LogP) is 3.50. The maximum absolute atomic E-state index is 12.5. The monoisotopic (exact) mass is 318 g/mol. The lowest BCUT2D eigenvalue weighted by molar-refractivity contribution is -0.0508. The summed E-state index contributed by atoms with van der Waals surface area (Å²) >= 11 is 5.97. The van der Waals surface area contributed by atoms with Crippen LogP contribution in [0.15, 0.2) is 18.2 Å². The molecule has 2 N–H and O–H groups in total. The van der Waals surface area contributed by atoms with E-state index < -0.39 is 6.61 Å². The zero-order valence-electron chi connectivity index (χ0n) is 12.1. The minimum Gasteiger partial charge on any atom is -0.434 e. The molecular formula is C15H21ClF2N2O. The molecule has 2 rings (SSSR count). The summed E-state index contributed by atoms with van der Waals surface area (Å²) in [6, 6.07) is 4.89. The first-order valence-corrected chi connectivity index (χ1v) is 7.54. The van der Waals surface area contributed by atoms with Crippen molar-refractivity contribution in [3.05, 3.63) is 28.8 Å². The molecule has 0 saturated carbocycles. The number of hydrogen-bond donors (Lipinski definition) is 1. The summed E-state index contributed by atoms with van der Waals surface area (Å²) in [6.07, 6.45) is 2.18. The Labute approximate surface area is 129 Å². The molecule has 1 heterocycles. The van der Waals surface area contributed by atoms with E-state index in [-0.39, 0.29) is 11.8 Å². The Kier molecular flexibility index (Phi) is 5.79. The van der Waals surface area contributed by atoms with Crippen molar-refractivity contribution in [1.82, 2.24) is 4.90 Å². The topological polar surface area (TPSA) is 38.5 Å². The third kappa shape index (κ3) is 4.80. The summed E-state index contributed by atoms with van der Waals surface area (Å²) in [5.74, 6) is 0.634. The molecular weight excluding hydrogens is 298 g/mol. The van der Waals surface area contributed by atoms with E-state index in [1.54, 1.807) is 12.1 Å². The zero-order chi connectivity index (χ0) is 15.4. The van der Waals surface area contributed by atoms with Crippen LogP contribution in [0.2, 0.25) is 5.02 Å². The summed E-state index contributed by atoms with van der Waals surface area (Å²) in [6.45, 7) is 1.54. The van der Waals surface area contributed by atoms with Gasteiger partial charge in [0.2, 0.25) is 0 Å². The van der Waals surface area contributed by atoms with Gasteiger partial charge in [-0.1, -0.05) is 11.6 Å². The van der Waals surface area contributed by atoms with Crippen molar-refractivity contribution >= 4 is 11.6 Å². The molecule has 0 spiro atoms. The van der Waals surface area contributed by atoms with E-state index in [9.17, 15) is 8.78 Å². The number of nitrogens with two attached hydrogens (primary N) is 1. The fourth-order valence-electron chi connectivity index (χ4n) is 2.79. The van der Waals surface area contributed by atoms with Gasteiger partial charge in [0.15, 0.2) is 0 Å². The van der Waals surface area contributed by atoms with Gasteiger partial charge in [-0.2, -0.15) is 8.78 Å². The first kappa shape index (κ1) is 16.5. The number of likely N-dealkylation sites (tertiary alicyclic amines) is 1. The van der Waals surface area contributed by atoms with E-state index in [0.717, 1.165) is 25.9 Å². The summed E-state index contributed by atoms with van der Waals surface area (Å²) in [4.78, 5) is 2.22. The Balaban J connectivity index is 2.09. The van der Waals surface area contributed by atoms with E-state index in [2.05, 4.69) is 9.64 Å². The Morgan fingerprint density at radius 3 is 2.90 bits per heavy atom. The van der Waals surface area contributed by atoms with E-state index in [0.29, 0.717) is 23.0 Å². The summed E-state index contributed by atoms with van der Waals surface area (Å²) < 4.78 is 29.5. The number of nitrogens with zero attached hydrogens (tertiary/aromatic N) is 1. The first-order valence-electron chi connectivity index (χ1n) is 7.17. The SMILES string of the molecule is CC(N)C1CCCN(Cc2cc(Cl)ccc2OC(F)F)C1. The molecule has 1 aromatic rings. The quantitative estimate of drug-likeness (QED) is 0.903. The molecule has 1 aromatic carbocycles. The van der Waals surface area contributed by atoms with Crippen molar-refractivity contribution < 1.29 is 13.5 Å². The molecule has 1 fully saturated rings. The van der Waals surface area contributed by atoms with Crippen molar-refractivity contribution in [1.29, 1.82) is 0 Å². The molecule has 0 radical (unpaired) electrons. The molecule has 0 amide bonds. The molecule has 2 atom stereocenters. The average Bonchev–Trinajstić information content (AvgIpc) is 2.42. The van der Waals surface area contributed by atoms with Crippen molar-refractivity contribution in [2.24, 2.45) is 11.7 Å². The molecule has 0 aromatic heterocycles. The highest BCUT2D eigenvalue weighted by atomic mass is 35.5. The molecule has 1 aliphatic rings. The van der Waals surface area contributed by atoms with Gasteiger partial charge in [0, 0.05) is 29.7 Å². The second-order valence-electron chi connectivity index (χ2n) is 5.63. The minimum absolute atomic E-state index is 0.143. The van der Waals surface area contributed by atoms with Gasteiger partial charge in [-0.3, -0.25) is 4.90 Å². The Hall–Kier alpha value is -0.910. The highest BCUT2D eigenvalue weighted by Crippen LogP contribution is 2.28. The fraction of sp³-hybridized carbons (Fsp3) is 0.600. The highest BCUT2D eigenvalue weighted by Gasteiger charge is 2.23. The van der Waals surface area contributed by atoms with Crippen LogP contribution >= 0.6 is 11.6 Å². The molecule has 3 nitrogen and oxygen atoms in total. The van der Waals surface area contributed by atoms with Gasteiger partial charge in [-0.15, -0.1) is 0 Å². The minimum atomic E-state index is -2.83. The number of alkyl halides is 2. The Morgan fingerprint density at radius 1 is 1.48 bits per heavy atom. The van der Waals surface area contributed by atoms with Crippen molar-refractivity contribution in [2.75, 3.05) is 13.1 Å². The van der Waals surface area contributed by atoms with Crippen LogP contribution in [0.5, 0.6) is 5.75 Å². The van der Waals surface area contributed by atoms with Crippen LogP contribution in [0.25, 0.3) is 0 Å². The second kappa shape index (κ2) is 7.38. The van der Waals surface area contributed by atoms with Gasteiger partial charge in [0.25, 0.3) is 0 Å². The zero-order valence-corrected chi connectivity index (χ0v) is 12.8. The van der Waals surface area contributed by atoms with E-state index in [1.165, 1.54) is 6.07 Å². The number of benzene rings is 1. The Bertz CT molecular complexity index is 471. The van der Waals surface area contributed by atoms with E-state index in [4.69, 9.17) is 17.3 Å². The molecule has 6 heteroatoms. The van der Waals surface area contributed by atoms with Gasteiger partial charge in [0.1, 0.15) is 5.75 Å². The number of piperidine rings is 1. The normalized spacial score (nSPS) is 21.5. The average molecular weight is 319 g/mol. The number of rotatable bonds is 5. The largest absolute Gasteiger partial charge is 0.434 e. The van der Waals surface area contributed by atoms with Gasteiger partial charge in [-0.25, -0.2) is 0 Å². The third-order valence-corrected chi connectivity index (χ3v) is 4.15. The first-order chi connectivity index (χ1) is 9.95. The number of hydrogen-bond acceptors (Lipinski definition) is 3. The molecule has 0 aliphatic carbocycles. The van der Waals surface area contributed by atoms with Gasteiger partial charge < -0.3 is 10.5 Å². The van der Waals surface area contributed by atoms with Crippen LogP contribution in [-0.4, -0.2) is 30.6 Å². The summed E-state index contributed by atoms with van der Waals surface area (Å²) in [5, 5.41) is 0.521. The van der Waals surface area contributed by atoms with Crippen LogP contribution in [0.3, 0.4) is 0 Å². The number of ether oxygens (including phenoxy) is 1. The highest BCUT2D eigenvalue weighted by molar-refractivity contribution is 6.30. The Morgan fingerprint density at radius 2 is 2.24 bits per heavy atom. The van der Waals surface area contributed by atoms with Crippen molar-refractivity contribution in [3.8, 4) is 5.75 Å². The lowest BCUT2D eigenvalue weighted by Crippen LogP contribution is -2.42. The third-order valence-electron chi connectivity index (χ3n) is 3.92. The molecule has 118 valence electrons.